The Morgan fingerprint density at radius 2 is 2.00 bits per heavy atom. The summed E-state index contributed by atoms with van der Waals surface area (Å²) in [6.45, 7) is 1.39. The van der Waals surface area contributed by atoms with E-state index in [1.807, 2.05) is 0 Å². The highest BCUT2D eigenvalue weighted by molar-refractivity contribution is 8.03. The minimum atomic E-state index is -4.35. The van der Waals surface area contributed by atoms with Gasteiger partial charge in [0.25, 0.3) is 0 Å². The van der Waals surface area contributed by atoms with Gasteiger partial charge >= 0.3 is 6.18 Å². The molecule has 14 heavy (non-hydrogen) atoms. The predicted molar refractivity (Wildman–Crippen MR) is 47.7 cm³/mol. The molecule has 74 valence electrons. The van der Waals surface area contributed by atoms with E-state index in [0.717, 1.165) is 17.8 Å². The maximum absolute atomic E-state index is 12.4. The third kappa shape index (κ3) is 2.42. The Balaban J connectivity index is 3.17. The summed E-state index contributed by atoms with van der Waals surface area (Å²) in [6.07, 6.45) is -4.35. The van der Waals surface area contributed by atoms with Crippen LogP contribution in [0.5, 0.6) is 0 Å². The Hall–Kier alpha value is -1.15. The maximum Gasteiger partial charge on any atom is 0.416 e. The van der Waals surface area contributed by atoms with Crippen LogP contribution in [0.2, 0.25) is 0 Å². The second kappa shape index (κ2) is 3.93. The van der Waals surface area contributed by atoms with Crippen LogP contribution in [0.15, 0.2) is 23.1 Å². The maximum atomic E-state index is 12.4. The highest BCUT2D eigenvalue weighted by atomic mass is 32.2. The second-order valence-electron chi connectivity index (χ2n) is 2.67. The van der Waals surface area contributed by atoms with Crippen molar-refractivity contribution in [2.75, 3.05) is 0 Å². The van der Waals surface area contributed by atoms with E-state index < -0.39 is 11.7 Å². The van der Waals surface area contributed by atoms with E-state index in [4.69, 9.17) is 5.26 Å². The first-order valence-electron chi connectivity index (χ1n) is 3.69. The van der Waals surface area contributed by atoms with E-state index in [-0.39, 0.29) is 5.56 Å². The molecule has 0 saturated heterocycles. The molecular formula is C9H6F3NS. The molecule has 1 nitrogen and oxygen atoms in total. The number of benzene rings is 1. The van der Waals surface area contributed by atoms with E-state index in [1.165, 1.54) is 19.1 Å². The summed E-state index contributed by atoms with van der Waals surface area (Å²) in [5.74, 6) is 0. The topological polar surface area (TPSA) is 23.8 Å². The van der Waals surface area contributed by atoms with E-state index >= 15 is 0 Å². The van der Waals surface area contributed by atoms with Crippen LogP contribution in [-0.2, 0) is 6.18 Å². The molecule has 0 aliphatic rings. The van der Waals surface area contributed by atoms with Crippen molar-refractivity contribution in [3.63, 3.8) is 0 Å². The number of rotatable bonds is 1. The molecule has 1 aromatic rings. The van der Waals surface area contributed by atoms with Gasteiger partial charge in [-0.2, -0.15) is 18.4 Å². The number of thioether (sulfide) groups is 1. The fraction of sp³-hybridized carbons (Fsp3) is 0.222. The Kier molecular flexibility index (Phi) is 3.06. The predicted octanol–water partition coefficient (Wildman–Crippen LogP) is 3.59. The average Bonchev–Trinajstić information content (AvgIpc) is 2.07. The molecule has 5 heteroatoms. The lowest BCUT2D eigenvalue weighted by atomic mass is 10.1. The minimum Gasteiger partial charge on any atom is -0.185 e. The molecule has 0 amide bonds. The van der Waals surface area contributed by atoms with Crippen molar-refractivity contribution in [3.8, 4) is 5.40 Å². The number of hydrogen-bond donors (Lipinski definition) is 0. The standard InChI is InChI=1S/C9H6F3NS/c1-6-2-3-7(14-5-13)4-8(6)9(10,11)12/h2-4H,1H3. The monoisotopic (exact) mass is 217 g/mol. The number of hydrogen-bond acceptors (Lipinski definition) is 2. The van der Waals surface area contributed by atoms with Crippen LogP contribution in [0.4, 0.5) is 13.2 Å². The van der Waals surface area contributed by atoms with Gasteiger partial charge in [0.2, 0.25) is 0 Å². The molecule has 1 rings (SSSR count). The molecule has 0 aliphatic heterocycles. The zero-order chi connectivity index (χ0) is 10.8. The van der Waals surface area contributed by atoms with Crippen molar-refractivity contribution < 1.29 is 13.2 Å². The minimum absolute atomic E-state index is 0.166. The van der Waals surface area contributed by atoms with Crippen molar-refractivity contribution in [3.05, 3.63) is 29.3 Å². The molecule has 1 aromatic carbocycles. The summed E-state index contributed by atoms with van der Waals surface area (Å²) in [7, 11) is 0. The molecule has 0 radical (unpaired) electrons. The van der Waals surface area contributed by atoms with Crippen LogP contribution in [0, 0.1) is 17.6 Å². The zero-order valence-corrected chi connectivity index (χ0v) is 8.04. The SMILES string of the molecule is Cc1ccc(SC#N)cc1C(F)(F)F. The summed E-state index contributed by atoms with van der Waals surface area (Å²) in [4.78, 5) is 0.311. The van der Waals surface area contributed by atoms with Gasteiger partial charge in [-0.3, -0.25) is 0 Å². The van der Waals surface area contributed by atoms with Gasteiger partial charge in [0.15, 0.2) is 0 Å². The van der Waals surface area contributed by atoms with E-state index in [2.05, 4.69) is 0 Å². The van der Waals surface area contributed by atoms with Gasteiger partial charge in [-0.1, -0.05) is 6.07 Å². The van der Waals surface area contributed by atoms with Crippen molar-refractivity contribution >= 4 is 11.8 Å². The van der Waals surface area contributed by atoms with Gasteiger partial charge < -0.3 is 0 Å². The van der Waals surface area contributed by atoms with E-state index in [1.54, 1.807) is 5.40 Å². The van der Waals surface area contributed by atoms with Gasteiger partial charge in [0, 0.05) is 4.90 Å². The Labute approximate surface area is 83.5 Å². The Bertz CT molecular complexity index is 379. The molecule has 0 saturated carbocycles. The number of aryl methyl sites for hydroxylation is 1. The molecule has 0 fully saturated rings. The fourth-order valence-corrected chi connectivity index (χ4v) is 1.44. The average molecular weight is 217 g/mol. The summed E-state index contributed by atoms with van der Waals surface area (Å²) in [5.41, 5.74) is -0.516. The van der Waals surface area contributed by atoms with Gasteiger partial charge in [0.05, 0.1) is 5.56 Å². The van der Waals surface area contributed by atoms with E-state index in [9.17, 15) is 13.2 Å². The van der Waals surface area contributed by atoms with Crippen molar-refractivity contribution in [1.29, 1.82) is 5.26 Å². The number of nitriles is 1. The molecular weight excluding hydrogens is 211 g/mol. The molecule has 0 unspecified atom stereocenters. The number of alkyl halides is 3. The first-order valence-corrected chi connectivity index (χ1v) is 4.50. The van der Waals surface area contributed by atoms with Crippen LogP contribution in [0.25, 0.3) is 0 Å². The smallest absolute Gasteiger partial charge is 0.185 e. The summed E-state index contributed by atoms with van der Waals surface area (Å²) in [6, 6.07) is 3.85. The van der Waals surface area contributed by atoms with Crippen LogP contribution >= 0.6 is 11.8 Å². The van der Waals surface area contributed by atoms with Crippen LogP contribution in [-0.4, -0.2) is 0 Å². The van der Waals surface area contributed by atoms with Gasteiger partial charge in [-0.15, -0.1) is 0 Å². The quantitative estimate of drug-likeness (QED) is 0.530. The number of halogens is 3. The van der Waals surface area contributed by atoms with Crippen molar-refractivity contribution in [1.82, 2.24) is 0 Å². The highest BCUT2D eigenvalue weighted by Gasteiger charge is 2.32. The summed E-state index contributed by atoms with van der Waals surface area (Å²) < 4.78 is 37.1. The summed E-state index contributed by atoms with van der Waals surface area (Å²) in [5, 5.41) is 10.0. The lowest BCUT2D eigenvalue weighted by Crippen LogP contribution is -2.07. The molecule has 0 spiro atoms. The van der Waals surface area contributed by atoms with Crippen LogP contribution in [0.1, 0.15) is 11.1 Å². The second-order valence-corrected chi connectivity index (χ2v) is 3.53. The molecule has 0 bridgehead atoms. The molecule has 0 atom stereocenters. The largest absolute Gasteiger partial charge is 0.416 e. The summed E-state index contributed by atoms with van der Waals surface area (Å²) >= 11 is 0.720. The number of thiocyanates is 1. The van der Waals surface area contributed by atoms with Crippen molar-refractivity contribution in [2.45, 2.75) is 18.0 Å². The van der Waals surface area contributed by atoms with Crippen LogP contribution < -0.4 is 0 Å². The first kappa shape index (κ1) is 10.9. The van der Waals surface area contributed by atoms with Crippen LogP contribution in [0.3, 0.4) is 0 Å². The lowest BCUT2D eigenvalue weighted by Gasteiger charge is -2.10. The molecule has 0 heterocycles. The zero-order valence-electron chi connectivity index (χ0n) is 7.22. The Morgan fingerprint density at radius 1 is 1.36 bits per heavy atom. The van der Waals surface area contributed by atoms with Gasteiger partial charge in [0.1, 0.15) is 5.40 Å². The molecule has 0 N–H and O–H groups in total. The number of nitrogens with zero attached hydrogens (tertiary/aromatic N) is 1. The normalized spacial score (nSPS) is 11.1. The van der Waals surface area contributed by atoms with E-state index in [0.29, 0.717) is 4.90 Å². The third-order valence-electron chi connectivity index (χ3n) is 1.68. The van der Waals surface area contributed by atoms with Gasteiger partial charge in [-0.25, -0.2) is 0 Å². The third-order valence-corrected chi connectivity index (χ3v) is 2.26. The molecule has 0 aromatic heterocycles. The van der Waals surface area contributed by atoms with Crippen molar-refractivity contribution in [2.24, 2.45) is 0 Å². The first-order chi connectivity index (χ1) is 6.45. The fourth-order valence-electron chi connectivity index (χ4n) is 1.02. The lowest BCUT2D eigenvalue weighted by molar-refractivity contribution is -0.138. The van der Waals surface area contributed by atoms with Gasteiger partial charge in [-0.05, 0) is 36.4 Å². The molecule has 0 aliphatic carbocycles. The Morgan fingerprint density at radius 3 is 2.50 bits per heavy atom. The highest BCUT2D eigenvalue weighted by Crippen LogP contribution is 2.34.